The first-order valence-corrected chi connectivity index (χ1v) is 11.1. The van der Waals surface area contributed by atoms with Gasteiger partial charge in [-0.3, -0.25) is 25.2 Å². The Balaban J connectivity index is 1.90. The Morgan fingerprint density at radius 3 is 2.19 bits per heavy atom. The summed E-state index contributed by atoms with van der Waals surface area (Å²) in [6.07, 6.45) is 1.77. The normalized spacial score (nSPS) is 11.4. The fourth-order valence-electron chi connectivity index (χ4n) is 3.94. The van der Waals surface area contributed by atoms with Gasteiger partial charge in [-0.25, -0.2) is 4.68 Å². The van der Waals surface area contributed by atoms with Crippen molar-refractivity contribution in [3.8, 4) is 0 Å². The number of benzene rings is 2. The summed E-state index contributed by atoms with van der Waals surface area (Å²) in [5.41, 5.74) is 4.89. The number of amides is 2. The van der Waals surface area contributed by atoms with E-state index in [1.54, 1.807) is 36.4 Å². The Labute approximate surface area is 191 Å². The van der Waals surface area contributed by atoms with Gasteiger partial charge in [-0.1, -0.05) is 62.7 Å². The third kappa shape index (κ3) is 4.39. The second-order valence-electron chi connectivity index (χ2n) is 7.63. The molecule has 3 aromatic rings. The molecule has 7 nitrogen and oxygen atoms in total. The lowest BCUT2D eigenvalue weighted by Crippen LogP contribution is -2.51. The fourth-order valence-corrected chi connectivity index (χ4v) is 4.06. The number of halogens is 1. The maximum atomic E-state index is 13.2. The van der Waals surface area contributed by atoms with E-state index >= 15 is 0 Å². The average Bonchev–Trinajstić information content (AvgIpc) is 2.81. The van der Waals surface area contributed by atoms with Gasteiger partial charge in [-0.05, 0) is 43.0 Å². The molecular weight excluding hydrogens is 428 g/mol. The second-order valence-corrected chi connectivity index (χ2v) is 8.06. The van der Waals surface area contributed by atoms with Crippen LogP contribution in [0, 0.1) is 0 Å². The van der Waals surface area contributed by atoms with Crippen LogP contribution in [0.4, 0.5) is 0 Å². The van der Waals surface area contributed by atoms with Crippen molar-refractivity contribution >= 4 is 34.2 Å². The zero-order valence-electron chi connectivity index (χ0n) is 18.4. The summed E-state index contributed by atoms with van der Waals surface area (Å²) in [6.45, 7) is 6.17. The van der Waals surface area contributed by atoms with Crippen LogP contribution in [-0.2, 0) is 16.8 Å². The monoisotopic (exact) mass is 454 g/mol. The summed E-state index contributed by atoms with van der Waals surface area (Å²) >= 11 is 6.00. The first-order valence-electron chi connectivity index (χ1n) is 10.7. The molecule has 0 unspecified atom stereocenters. The molecule has 0 aliphatic heterocycles. The molecule has 2 N–H and O–H groups in total. The molecule has 0 fully saturated rings. The van der Waals surface area contributed by atoms with E-state index in [0.717, 1.165) is 5.56 Å². The maximum Gasteiger partial charge on any atom is 0.290 e. The third-order valence-corrected chi connectivity index (χ3v) is 6.10. The zero-order valence-corrected chi connectivity index (χ0v) is 19.2. The minimum atomic E-state index is -0.825. The Bertz CT molecular complexity index is 1180. The molecule has 3 rings (SSSR count). The number of nitrogens with one attached hydrogen (secondary N) is 2. The van der Waals surface area contributed by atoms with E-state index in [0.29, 0.717) is 41.6 Å². The Morgan fingerprint density at radius 2 is 1.59 bits per heavy atom. The lowest BCUT2D eigenvalue weighted by atomic mass is 9.75. The van der Waals surface area contributed by atoms with Crippen LogP contribution in [-0.4, -0.2) is 21.6 Å². The summed E-state index contributed by atoms with van der Waals surface area (Å²) in [4.78, 5) is 38.8. The van der Waals surface area contributed by atoms with Crippen molar-refractivity contribution in [1.29, 1.82) is 0 Å². The molecule has 168 valence electrons. The van der Waals surface area contributed by atoms with E-state index in [1.165, 1.54) is 4.68 Å². The highest BCUT2D eigenvalue weighted by Crippen LogP contribution is 2.32. The first-order chi connectivity index (χ1) is 15.4. The Kier molecular flexibility index (Phi) is 7.30. The van der Waals surface area contributed by atoms with Gasteiger partial charge in [0, 0.05) is 17.0 Å². The van der Waals surface area contributed by atoms with Gasteiger partial charge in [0.1, 0.15) is 0 Å². The molecule has 8 heteroatoms. The summed E-state index contributed by atoms with van der Waals surface area (Å²) in [5.74, 6) is -0.916. The third-order valence-electron chi connectivity index (χ3n) is 5.85. The minimum absolute atomic E-state index is 0.0824. The molecule has 1 aromatic heterocycles. The maximum absolute atomic E-state index is 13.2. The highest BCUT2D eigenvalue weighted by atomic mass is 35.5. The molecule has 2 amide bonds. The number of rotatable bonds is 7. The number of fused-ring (bicyclic) bond motifs is 1. The highest BCUT2D eigenvalue weighted by molar-refractivity contribution is 6.30. The molecule has 0 spiro atoms. The Morgan fingerprint density at radius 1 is 0.969 bits per heavy atom. The van der Waals surface area contributed by atoms with Crippen molar-refractivity contribution < 1.29 is 9.59 Å². The van der Waals surface area contributed by atoms with Gasteiger partial charge in [0.25, 0.3) is 11.5 Å². The Hall–Kier alpha value is -3.19. The van der Waals surface area contributed by atoms with Crippen LogP contribution in [0.1, 0.15) is 56.1 Å². The van der Waals surface area contributed by atoms with Crippen molar-refractivity contribution in [2.75, 3.05) is 0 Å². The number of aromatic nitrogens is 2. The highest BCUT2D eigenvalue weighted by Gasteiger charge is 2.37. The van der Waals surface area contributed by atoms with E-state index in [-0.39, 0.29) is 17.2 Å². The van der Waals surface area contributed by atoms with E-state index in [2.05, 4.69) is 16.0 Å². The number of nitrogens with zero attached hydrogens (tertiary/aromatic N) is 2. The fraction of sp³-hybridized carbons (Fsp3) is 0.333. The van der Waals surface area contributed by atoms with Crippen molar-refractivity contribution in [1.82, 2.24) is 20.6 Å². The van der Waals surface area contributed by atoms with Gasteiger partial charge in [0.2, 0.25) is 5.91 Å². The quantitative estimate of drug-likeness (QED) is 0.528. The number of aryl methyl sites for hydroxylation is 1. The van der Waals surface area contributed by atoms with Crippen LogP contribution in [0.25, 0.3) is 10.8 Å². The number of hydrazine groups is 1. The molecular formula is C24H27ClN4O3. The predicted octanol–water partition coefficient (Wildman–Crippen LogP) is 3.98. The number of hydrogen-bond acceptors (Lipinski definition) is 4. The minimum Gasteiger partial charge on any atom is -0.272 e. The van der Waals surface area contributed by atoms with Gasteiger partial charge in [-0.15, -0.1) is 0 Å². The molecule has 0 radical (unpaired) electrons. The van der Waals surface area contributed by atoms with Crippen LogP contribution < -0.4 is 16.4 Å². The van der Waals surface area contributed by atoms with Gasteiger partial charge >= 0.3 is 0 Å². The van der Waals surface area contributed by atoms with Gasteiger partial charge < -0.3 is 0 Å². The number of hydrogen-bond donors (Lipinski definition) is 2. The van der Waals surface area contributed by atoms with Gasteiger partial charge in [0.15, 0.2) is 5.69 Å². The molecule has 1 heterocycles. The molecule has 32 heavy (non-hydrogen) atoms. The molecule has 0 aliphatic rings. The lowest BCUT2D eigenvalue weighted by molar-refractivity contribution is -0.128. The summed E-state index contributed by atoms with van der Waals surface area (Å²) < 4.78 is 1.29. The van der Waals surface area contributed by atoms with Crippen LogP contribution in [0.15, 0.2) is 53.3 Å². The van der Waals surface area contributed by atoms with Crippen LogP contribution in [0.2, 0.25) is 5.02 Å². The van der Waals surface area contributed by atoms with Crippen molar-refractivity contribution in [2.24, 2.45) is 0 Å². The molecule has 2 aromatic carbocycles. The zero-order chi connectivity index (χ0) is 23.3. The predicted molar refractivity (Wildman–Crippen MR) is 126 cm³/mol. The number of carbonyl (C=O) groups excluding carboxylic acids is 2. The van der Waals surface area contributed by atoms with Gasteiger partial charge in [-0.2, -0.15) is 5.10 Å². The molecule has 0 bridgehead atoms. The van der Waals surface area contributed by atoms with E-state index in [9.17, 15) is 14.4 Å². The topological polar surface area (TPSA) is 93.1 Å². The van der Waals surface area contributed by atoms with Crippen LogP contribution in [0.5, 0.6) is 0 Å². The summed E-state index contributed by atoms with van der Waals surface area (Å²) in [5, 5.41) is 5.70. The number of carbonyl (C=O) groups is 2. The van der Waals surface area contributed by atoms with E-state index in [1.807, 2.05) is 32.9 Å². The molecule has 0 saturated carbocycles. The molecule has 0 saturated heterocycles. The summed E-state index contributed by atoms with van der Waals surface area (Å²) in [7, 11) is 0. The van der Waals surface area contributed by atoms with Crippen molar-refractivity contribution in [3.63, 3.8) is 0 Å². The average molecular weight is 455 g/mol. The van der Waals surface area contributed by atoms with Gasteiger partial charge in [0.05, 0.1) is 10.8 Å². The summed E-state index contributed by atoms with van der Waals surface area (Å²) in [6, 6.07) is 14.0. The molecule has 0 atom stereocenters. The van der Waals surface area contributed by atoms with Crippen molar-refractivity contribution in [3.05, 3.63) is 75.2 Å². The SMILES string of the molecule is CCCn1nc(C(=O)NNC(=O)C(CC)(CC)c2ccc(Cl)cc2)c2ccccc2c1=O. The standard InChI is InChI=1S/C24H27ClN4O3/c1-4-15-29-22(31)19-10-8-7-9-18(19)20(28-29)21(30)26-27-23(32)24(5-2,6-3)16-11-13-17(25)14-12-16/h7-14H,4-6,15H2,1-3H3,(H,26,30)(H,27,32). The lowest BCUT2D eigenvalue weighted by Gasteiger charge is -2.31. The first kappa shape index (κ1) is 23.5. The molecule has 0 aliphatic carbocycles. The van der Waals surface area contributed by atoms with Crippen LogP contribution in [0.3, 0.4) is 0 Å². The second kappa shape index (κ2) is 9.96. The van der Waals surface area contributed by atoms with Crippen molar-refractivity contribution in [2.45, 2.75) is 52.0 Å². The van der Waals surface area contributed by atoms with Crippen LogP contribution >= 0.6 is 11.6 Å². The van der Waals surface area contributed by atoms with E-state index < -0.39 is 11.3 Å². The largest absolute Gasteiger partial charge is 0.290 e. The smallest absolute Gasteiger partial charge is 0.272 e. The van der Waals surface area contributed by atoms with E-state index in [4.69, 9.17) is 11.6 Å².